The normalized spacial score (nSPS) is 12.9. The fourth-order valence-electron chi connectivity index (χ4n) is 4.13. The van der Waals surface area contributed by atoms with E-state index in [9.17, 15) is 14.9 Å². The topological polar surface area (TPSA) is 85.2 Å². The number of thiophene rings is 1. The molecule has 1 aromatic carbocycles. The molecule has 0 fully saturated rings. The van der Waals surface area contributed by atoms with Gasteiger partial charge in [-0.3, -0.25) is 14.5 Å². The second-order valence-corrected chi connectivity index (χ2v) is 9.49. The average Bonchev–Trinajstić information content (AvgIpc) is 3.06. The molecule has 164 valence electrons. The summed E-state index contributed by atoms with van der Waals surface area (Å²) in [6, 6.07) is 6.37. The minimum absolute atomic E-state index is 0.101. The molecule has 0 saturated heterocycles. The van der Waals surface area contributed by atoms with Crippen LogP contribution in [0.15, 0.2) is 12.1 Å². The van der Waals surface area contributed by atoms with Gasteiger partial charge in [0.15, 0.2) is 0 Å². The number of aryl methyl sites for hydroxylation is 4. The molecule has 0 bridgehead atoms. The summed E-state index contributed by atoms with van der Waals surface area (Å²) in [5, 5.41) is 16.1. The van der Waals surface area contributed by atoms with Gasteiger partial charge in [-0.05, 0) is 70.2 Å². The summed E-state index contributed by atoms with van der Waals surface area (Å²) in [6.45, 7) is 6.67. The van der Waals surface area contributed by atoms with Crippen LogP contribution >= 0.6 is 11.3 Å². The van der Waals surface area contributed by atoms with Crippen LogP contribution in [0.3, 0.4) is 0 Å². The van der Waals surface area contributed by atoms with Crippen molar-refractivity contribution >= 4 is 33.8 Å². The van der Waals surface area contributed by atoms with Crippen LogP contribution in [0, 0.1) is 32.1 Å². The van der Waals surface area contributed by atoms with Gasteiger partial charge in [0.25, 0.3) is 0 Å². The molecule has 0 aliphatic heterocycles. The Hall–Kier alpha value is -2.69. The number of nitrogens with zero attached hydrogens (tertiary/aromatic N) is 2. The highest BCUT2D eigenvalue weighted by Gasteiger charge is 2.22. The molecule has 1 aliphatic carbocycles. The molecule has 0 atom stereocenters. The average molecular weight is 439 g/mol. The van der Waals surface area contributed by atoms with Crippen LogP contribution in [0.4, 0.5) is 10.7 Å². The summed E-state index contributed by atoms with van der Waals surface area (Å²) >= 11 is 1.53. The van der Waals surface area contributed by atoms with Gasteiger partial charge in [-0.25, -0.2) is 0 Å². The van der Waals surface area contributed by atoms with E-state index in [1.54, 1.807) is 0 Å². The van der Waals surface area contributed by atoms with E-state index < -0.39 is 0 Å². The Bertz CT molecular complexity index is 1010. The highest BCUT2D eigenvalue weighted by atomic mass is 32.1. The minimum atomic E-state index is -0.132. The highest BCUT2D eigenvalue weighted by molar-refractivity contribution is 7.16. The van der Waals surface area contributed by atoms with E-state index in [1.807, 2.05) is 32.7 Å². The van der Waals surface area contributed by atoms with Gasteiger partial charge < -0.3 is 10.6 Å². The molecule has 3 rings (SSSR count). The third kappa shape index (κ3) is 5.72. The highest BCUT2D eigenvalue weighted by Crippen LogP contribution is 2.37. The van der Waals surface area contributed by atoms with Crippen LogP contribution in [-0.4, -0.2) is 36.9 Å². The van der Waals surface area contributed by atoms with Gasteiger partial charge in [0.2, 0.25) is 11.8 Å². The van der Waals surface area contributed by atoms with Crippen molar-refractivity contribution in [1.82, 2.24) is 4.90 Å². The molecule has 7 heteroatoms. The molecule has 0 unspecified atom stereocenters. The van der Waals surface area contributed by atoms with Gasteiger partial charge in [-0.1, -0.05) is 17.7 Å². The fraction of sp³-hybridized carbons (Fsp3) is 0.458. The standard InChI is InChI=1S/C24H30N4O2S/c1-15-11-16(2)23(17(3)12-15)26-22(30)14-28(4)10-9-21(29)27-24-19(13-25)18-7-5-6-8-20(18)31-24/h11-12H,5-10,14H2,1-4H3,(H,26,30)(H,27,29). The number of hydrogen-bond donors (Lipinski definition) is 2. The first-order valence-electron chi connectivity index (χ1n) is 10.7. The van der Waals surface area contributed by atoms with Crippen molar-refractivity contribution in [3.8, 4) is 6.07 Å². The van der Waals surface area contributed by atoms with Crippen LogP contribution in [0.25, 0.3) is 0 Å². The molecule has 31 heavy (non-hydrogen) atoms. The lowest BCUT2D eigenvalue weighted by Gasteiger charge is -2.18. The number of nitriles is 1. The van der Waals surface area contributed by atoms with Crippen LogP contribution in [0.5, 0.6) is 0 Å². The van der Waals surface area contributed by atoms with Crippen molar-refractivity contribution in [1.29, 1.82) is 5.26 Å². The maximum Gasteiger partial charge on any atom is 0.238 e. The quantitative estimate of drug-likeness (QED) is 0.674. The Morgan fingerprint density at radius 3 is 2.45 bits per heavy atom. The van der Waals surface area contributed by atoms with E-state index in [-0.39, 0.29) is 24.8 Å². The molecule has 0 radical (unpaired) electrons. The molecular weight excluding hydrogens is 408 g/mol. The zero-order valence-electron chi connectivity index (χ0n) is 18.7. The number of nitrogens with one attached hydrogen (secondary N) is 2. The van der Waals surface area contributed by atoms with Crippen LogP contribution in [0.1, 0.15) is 52.0 Å². The number of likely N-dealkylation sites (N-methyl/N-ethyl adjacent to an activating group) is 1. The fourth-order valence-corrected chi connectivity index (χ4v) is 5.39. The van der Waals surface area contributed by atoms with E-state index in [1.165, 1.54) is 21.8 Å². The lowest BCUT2D eigenvalue weighted by atomic mass is 9.96. The summed E-state index contributed by atoms with van der Waals surface area (Å²) in [4.78, 5) is 28.0. The zero-order chi connectivity index (χ0) is 22.5. The minimum Gasteiger partial charge on any atom is -0.324 e. The SMILES string of the molecule is Cc1cc(C)c(NC(=O)CN(C)CCC(=O)Nc2sc3c(c2C#N)CCCC3)c(C)c1. The Kier molecular flexibility index (Phi) is 7.47. The van der Waals surface area contributed by atoms with Crippen LogP contribution in [0.2, 0.25) is 0 Å². The van der Waals surface area contributed by atoms with Crippen molar-refractivity contribution in [3.63, 3.8) is 0 Å². The van der Waals surface area contributed by atoms with Crippen molar-refractivity contribution < 1.29 is 9.59 Å². The van der Waals surface area contributed by atoms with Gasteiger partial charge in [0, 0.05) is 23.5 Å². The Labute approximate surface area is 188 Å². The predicted molar refractivity (Wildman–Crippen MR) is 126 cm³/mol. The number of fused-ring (bicyclic) bond motifs is 1. The number of benzene rings is 1. The van der Waals surface area contributed by atoms with Gasteiger partial charge in [-0.2, -0.15) is 5.26 Å². The van der Waals surface area contributed by atoms with Gasteiger partial charge in [0.1, 0.15) is 11.1 Å². The van der Waals surface area contributed by atoms with Crippen molar-refractivity contribution in [3.05, 3.63) is 44.8 Å². The maximum atomic E-state index is 12.5. The predicted octanol–water partition coefficient (Wildman–Crippen LogP) is 4.32. The summed E-state index contributed by atoms with van der Waals surface area (Å²) < 4.78 is 0. The molecular formula is C24H30N4O2S. The van der Waals surface area contributed by atoms with E-state index in [4.69, 9.17) is 0 Å². The van der Waals surface area contributed by atoms with Crippen molar-refractivity contribution in [2.45, 2.75) is 52.9 Å². The molecule has 1 heterocycles. The number of amides is 2. The Morgan fingerprint density at radius 1 is 1.10 bits per heavy atom. The first-order valence-corrected chi connectivity index (χ1v) is 11.5. The van der Waals surface area contributed by atoms with E-state index in [0.717, 1.165) is 48.1 Å². The van der Waals surface area contributed by atoms with Crippen LogP contribution in [-0.2, 0) is 22.4 Å². The summed E-state index contributed by atoms with van der Waals surface area (Å²) in [6.07, 6.45) is 4.41. The van der Waals surface area contributed by atoms with Gasteiger partial charge in [0.05, 0.1) is 12.1 Å². The third-order valence-electron chi connectivity index (χ3n) is 5.61. The van der Waals surface area contributed by atoms with E-state index >= 15 is 0 Å². The lowest BCUT2D eigenvalue weighted by Crippen LogP contribution is -2.32. The van der Waals surface area contributed by atoms with Gasteiger partial charge >= 0.3 is 0 Å². The molecule has 2 N–H and O–H groups in total. The molecule has 6 nitrogen and oxygen atoms in total. The zero-order valence-corrected chi connectivity index (χ0v) is 19.5. The summed E-state index contributed by atoms with van der Waals surface area (Å²) in [5.74, 6) is -0.233. The number of rotatable bonds is 7. The largest absolute Gasteiger partial charge is 0.324 e. The van der Waals surface area contributed by atoms with Crippen LogP contribution < -0.4 is 10.6 Å². The Morgan fingerprint density at radius 2 is 1.77 bits per heavy atom. The lowest BCUT2D eigenvalue weighted by molar-refractivity contribution is -0.119. The summed E-state index contributed by atoms with van der Waals surface area (Å²) in [7, 11) is 1.83. The Balaban J connectivity index is 1.50. The van der Waals surface area contributed by atoms with E-state index in [2.05, 4.69) is 28.8 Å². The second kappa shape index (κ2) is 10.1. The first kappa shape index (κ1) is 23.0. The van der Waals surface area contributed by atoms with E-state index in [0.29, 0.717) is 17.1 Å². The molecule has 0 spiro atoms. The number of carbonyl (C=O) groups is 2. The molecule has 1 aromatic heterocycles. The number of anilines is 2. The number of carbonyl (C=O) groups excluding carboxylic acids is 2. The second-order valence-electron chi connectivity index (χ2n) is 8.38. The van der Waals surface area contributed by atoms with Crippen molar-refractivity contribution in [2.75, 3.05) is 30.8 Å². The maximum absolute atomic E-state index is 12.5. The molecule has 0 saturated carbocycles. The van der Waals surface area contributed by atoms with Gasteiger partial charge in [-0.15, -0.1) is 11.3 Å². The third-order valence-corrected chi connectivity index (χ3v) is 6.82. The smallest absolute Gasteiger partial charge is 0.238 e. The molecule has 1 aliphatic rings. The van der Waals surface area contributed by atoms with Crippen molar-refractivity contribution in [2.24, 2.45) is 0 Å². The molecule has 2 aromatic rings. The summed E-state index contributed by atoms with van der Waals surface area (Å²) in [5.41, 5.74) is 5.85. The monoisotopic (exact) mass is 438 g/mol. The molecule has 2 amide bonds. The first-order chi connectivity index (χ1) is 14.8. The number of hydrogen-bond acceptors (Lipinski definition) is 5.